The fourth-order valence-electron chi connectivity index (χ4n) is 4.51. The number of hydrogen-bond donors (Lipinski definition) is 0. The number of piperazine rings is 1. The van der Waals surface area contributed by atoms with Crippen LogP contribution in [0.25, 0.3) is 0 Å². The standard InChI is InChI=1S/C28H38N2O5/c1-20(2)18-21-6-8-22(9-7-21)24(31)11-13-26(32)30-16-14-29(15-17-30)19-23-10-12-25(33-3)28(35-5)27(23)34-4/h6-10,12,20H,11,13-19H2,1-5H3. The lowest BCUT2D eigenvalue weighted by Gasteiger charge is -2.35. The summed E-state index contributed by atoms with van der Waals surface area (Å²) >= 11 is 0. The second-order valence-corrected chi connectivity index (χ2v) is 9.37. The Hall–Kier alpha value is -3.06. The zero-order valence-electron chi connectivity index (χ0n) is 21.6. The van der Waals surface area contributed by atoms with Crippen molar-refractivity contribution < 1.29 is 23.8 Å². The minimum absolute atomic E-state index is 0.0219. The highest BCUT2D eigenvalue weighted by molar-refractivity contribution is 5.98. The molecule has 3 rings (SSSR count). The lowest BCUT2D eigenvalue weighted by molar-refractivity contribution is -0.133. The molecule has 7 heteroatoms. The van der Waals surface area contributed by atoms with Crippen molar-refractivity contribution in [1.29, 1.82) is 0 Å². The van der Waals surface area contributed by atoms with Crippen LogP contribution < -0.4 is 14.2 Å². The molecule has 1 aliphatic rings. The van der Waals surface area contributed by atoms with E-state index in [1.807, 2.05) is 41.3 Å². The molecule has 0 N–H and O–H groups in total. The Labute approximate surface area is 209 Å². The molecule has 0 spiro atoms. The monoisotopic (exact) mass is 482 g/mol. The molecule has 190 valence electrons. The van der Waals surface area contributed by atoms with Crippen molar-refractivity contribution in [2.45, 2.75) is 39.7 Å². The van der Waals surface area contributed by atoms with Gasteiger partial charge in [-0.15, -0.1) is 0 Å². The predicted molar refractivity (Wildman–Crippen MR) is 137 cm³/mol. The summed E-state index contributed by atoms with van der Waals surface area (Å²) in [5.74, 6) is 2.52. The Kier molecular flexibility index (Phi) is 9.55. The van der Waals surface area contributed by atoms with Crippen LogP contribution in [0, 0.1) is 5.92 Å². The van der Waals surface area contributed by atoms with Gasteiger partial charge in [-0.2, -0.15) is 0 Å². The smallest absolute Gasteiger partial charge is 0.223 e. The van der Waals surface area contributed by atoms with Crippen molar-refractivity contribution in [2.24, 2.45) is 5.92 Å². The topological polar surface area (TPSA) is 68.3 Å². The lowest BCUT2D eigenvalue weighted by Crippen LogP contribution is -2.48. The van der Waals surface area contributed by atoms with Crippen molar-refractivity contribution in [3.63, 3.8) is 0 Å². The van der Waals surface area contributed by atoms with Crippen LogP contribution in [0.2, 0.25) is 0 Å². The van der Waals surface area contributed by atoms with Gasteiger partial charge in [0.15, 0.2) is 17.3 Å². The fraction of sp³-hybridized carbons (Fsp3) is 0.500. The maximum absolute atomic E-state index is 12.7. The average molecular weight is 483 g/mol. The van der Waals surface area contributed by atoms with E-state index in [-0.39, 0.29) is 24.5 Å². The van der Waals surface area contributed by atoms with Crippen molar-refractivity contribution in [3.8, 4) is 17.2 Å². The summed E-state index contributed by atoms with van der Waals surface area (Å²) in [7, 11) is 4.82. The molecule has 0 bridgehead atoms. The first kappa shape index (κ1) is 26.5. The summed E-state index contributed by atoms with van der Waals surface area (Å²) in [4.78, 5) is 29.5. The van der Waals surface area contributed by atoms with Crippen molar-refractivity contribution >= 4 is 11.7 Å². The van der Waals surface area contributed by atoms with Crippen LogP contribution in [0.15, 0.2) is 36.4 Å². The predicted octanol–water partition coefficient (Wildman–Crippen LogP) is 4.22. The number of ether oxygens (including phenoxy) is 3. The molecule has 2 aromatic carbocycles. The van der Waals surface area contributed by atoms with Gasteiger partial charge in [-0.3, -0.25) is 14.5 Å². The molecule has 0 saturated carbocycles. The molecule has 2 aromatic rings. The molecule has 0 atom stereocenters. The number of ketones is 1. The second-order valence-electron chi connectivity index (χ2n) is 9.37. The first-order valence-electron chi connectivity index (χ1n) is 12.3. The van der Waals surface area contributed by atoms with Gasteiger partial charge in [-0.05, 0) is 24.0 Å². The molecule has 0 radical (unpaired) electrons. The molecule has 0 aromatic heterocycles. The van der Waals surface area contributed by atoms with E-state index in [0.29, 0.717) is 48.4 Å². The Morgan fingerprint density at radius 2 is 1.49 bits per heavy atom. The van der Waals surface area contributed by atoms with Crippen molar-refractivity contribution in [2.75, 3.05) is 47.5 Å². The Bertz CT molecular complexity index is 995. The molecule has 0 aliphatic carbocycles. The number of carbonyl (C=O) groups is 2. The van der Waals surface area contributed by atoms with E-state index in [1.165, 1.54) is 5.56 Å². The number of Topliss-reactive ketones (excluding diaryl/α,β-unsaturated/α-hetero) is 1. The van der Waals surface area contributed by atoms with Crippen LogP contribution in [0.1, 0.15) is 48.2 Å². The molecule has 7 nitrogen and oxygen atoms in total. The van der Waals surface area contributed by atoms with E-state index in [0.717, 1.165) is 25.1 Å². The summed E-state index contributed by atoms with van der Waals surface area (Å²) < 4.78 is 16.4. The summed E-state index contributed by atoms with van der Waals surface area (Å²) in [5, 5.41) is 0. The SMILES string of the molecule is COc1ccc(CN2CCN(C(=O)CCC(=O)c3ccc(CC(C)C)cc3)CC2)c(OC)c1OC. The summed E-state index contributed by atoms with van der Waals surface area (Å²) in [6.07, 6.45) is 1.49. The van der Waals surface area contributed by atoms with E-state index in [4.69, 9.17) is 14.2 Å². The number of hydrogen-bond acceptors (Lipinski definition) is 6. The van der Waals surface area contributed by atoms with Crippen LogP contribution in [-0.2, 0) is 17.8 Å². The number of carbonyl (C=O) groups excluding carboxylic acids is 2. The highest BCUT2D eigenvalue weighted by Crippen LogP contribution is 2.40. The van der Waals surface area contributed by atoms with Crippen LogP contribution in [0.4, 0.5) is 0 Å². The molecule has 35 heavy (non-hydrogen) atoms. The molecule has 1 fully saturated rings. The number of benzene rings is 2. The largest absolute Gasteiger partial charge is 0.493 e. The third kappa shape index (κ3) is 6.98. The van der Waals surface area contributed by atoms with Gasteiger partial charge in [0.1, 0.15) is 0 Å². The van der Waals surface area contributed by atoms with Crippen LogP contribution in [0.3, 0.4) is 0 Å². The van der Waals surface area contributed by atoms with Gasteiger partial charge in [-0.1, -0.05) is 44.2 Å². The molecule has 1 amide bonds. The van der Waals surface area contributed by atoms with Gasteiger partial charge >= 0.3 is 0 Å². The Morgan fingerprint density at radius 3 is 2.06 bits per heavy atom. The van der Waals surface area contributed by atoms with Gasteiger partial charge in [0, 0.05) is 56.7 Å². The highest BCUT2D eigenvalue weighted by atomic mass is 16.5. The molecule has 0 unspecified atom stereocenters. The maximum atomic E-state index is 12.7. The molecule has 1 saturated heterocycles. The highest BCUT2D eigenvalue weighted by Gasteiger charge is 2.24. The normalized spacial score (nSPS) is 14.2. The minimum Gasteiger partial charge on any atom is -0.493 e. The van der Waals surface area contributed by atoms with Crippen molar-refractivity contribution in [3.05, 3.63) is 53.1 Å². The Balaban J connectivity index is 1.48. The van der Waals surface area contributed by atoms with Crippen molar-refractivity contribution in [1.82, 2.24) is 9.80 Å². The molecular weight excluding hydrogens is 444 g/mol. The van der Waals surface area contributed by atoms with Gasteiger partial charge in [-0.25, -0.2) is 0 Å². The third-order valence-corrected chi connectivity index (χ3v) is 6.39. The number of methoxy groups -OCH3 is 3. The summed E-state index contributed by atoms with van der Waals surface area (Å²) in [6.45, 7) is 7.86. The zero-order chi connectivity index (χ0) is 25.4. The van der Waals surface area contributed by atoms with E-state index >= 15 is 0 Å². The van der Waals surface area contributed by atoms with Crippen LogP contribution in [-0.4, -0.2) is 69.0 Å². The Morgan fingerprint density at radius 1 is 0.829 bits per heavy atom. The maximum Gasteiger partial charge on any atom is 0.223 e. The van der Waals surface area contributed by atoms with Crippen LogP contribution >= 0.6 is 0 Å². The van der Waals surface area contributed by atoms with Gasteiger partial charge in [0.2, 0.25) is 11.7 Å². The quantitative estimate of drug-likeness (QED) is 0.447. The first-order valence-corrected chi connectivity index (χ1v) is 12.3. The average Bonchev–Trinajstić information content (AvgIpc) is 2.87. The first-order chi connectivity index (χ1) is 16.9. The number of amides is 1. The number of nitrogens with zero attached hydrogens (tertiary/aromatic N) is 2. The minimum atomic E-state index is 0.0219. The van der Waals surface area contributed by atoms with E-state index in [1.54, 1.807) is 21.3 Å². The number of rotatable bonds is 11. The van der Waals surface area contributed by atoms with Gasteiger partial charge < -0.3 is 19.1 Å². The lowest BCUT2D eigenvalue weighted by atomic mass is 9.99. The molecule has 1 aliphatic heterocycles. The van der Waals surface area contributed by atoms with E-state index in [9.17, 15) is 9.59 Å². The molecule has 1 heterocycles. The molecular formula is C28H38N2O5. The second kappa shape index (κ2) is 12.6. The van der Waals surface area contributed by atoms with Gasteiger partial charge in [0.05, 0.1) is 21.3 Å². The van der Waals surface area contributed by atoms with Gasteiger partial charge in [0.25, 0.3) is 0 Å². The fourth-order valence-corrected chi connectivity index (χ4v) is 4.51. The third-order valence-electron chi connectivity index (χ3n) is 6.39. The summed E-state index contributed by atoms with van der Waals surface area (Å²) in [6, 6.07) is 11.7. The summed E-state index contributed by atoms with van der Waals surface area (Å²) in [5.41, 5.74) is 2.92. The van der Waals surface area contributed by atoms with E-state index in [2.05, 4.69) is 18.7 Å². The zero-order valence-corrected chi connectivity index (χ0v) is 21.6. The van der Waals surface area contributed by atoms with E-state index < -0.39 is 0 Å². The van der Waals surface area contributed by atoms with Crippen LogP contribution in [0.5, 0.6) is 17.2 Å².